The average Bonchev–Trinajstić information content (AvgIpc) is 2.40. The minimum Gasteiger partial charge on any atom is -0.506 e. The smallest absolute Gasteiger partial charge is 0.314 e. The number of para-hydroxylation sites is 2. The van der Waals surface area contributed by atoms with Crippen molar-refractivity contribution in [3.8, 4) is 5.75 Å². The fraction of sp³-hybridized carbons (Fsp3) is 0.250. The lowest BCUT2D eigenvalue weighted by atomic mass is 10.3. The average molecular weight is 263 g/mol. The van der Waals surface area contributed by atoms with Gasteiger partial charge in [0.25, 0.3) is 0 Å². The molecule has 0 bridgehead atoms. The fourth-order valence-corrected chi connectivity index (χ4v) is 1.71. The minimum absolute atomic E-state index is 0.125. The van der Waals surface area contributed by atoms with E-state index in [0.29, 0.717) is 13.1 Å². The van der Waals surface area contributed by atoms with Gasteiger partial charge in [-0.1, -0.05) is 12.1 Å². The van der Waals surface area contributed by atoms with Gasteiger partial charge in [0.15, 0.2) is 0 Å². The number of carbonyl (C=O) groups is 3. The van der Waals surface area contributed by atoms with E-state index in [9.17, 15) is 19.5 Å². The second-order valence-corrected chi connectivity index (χ2v) is 4.05. The molecule has 1 aromatic rings. The number of amides is 3. The standard InChI is InChI=1S/C12H13N3O4/c16-9-4-2-1-3-8(9)14-11(18)12(19)15-6-5-13-10(17)7-15/h1-4,16H,5-7H2,(H,13,17)(H,14,18). The Morgan fingerprint density at radius 1 is 1.32 bits per heavy atom. The van der Waals surface area contributed by atoms with Crippen LogP contribution >= 0.6 is 0 Å². The van der Waals surface area contributed by atoms with Gasteiger partial charge in [-0.3, -0.25) is 14.4 Å². The van der Waals surface area contributed by atoms with Crippen molar-refractivity contribution in [1.82, 2.24) is 10.2 Å². The summed E-state index contributed by atoms with van der Waals surface area (Å²) in [5.41, 5.74) is 0.155. The first-order valence-electron chi connectivity index (χ1n) is 5.73. The summed E-state index contributed by atoms with van der Waals surface area (Å²) in [5, 5.41) is 14.4. The third-order valence-electron chi connectivity index (χ3n) is 2.67. The molecule has 7 heteroatoms. The molecule has 7 nitrogen and oxygen atoms in total. The van der Waals surface area contributed by atoms with Crippen molar-refractivity contribution >= 4 is 23.4 Å². The van der Waals surface area contributed by atoms with Gasteiger partial charge in [0.2, 0.25) is 5.91 Å². The molecule has 1 aromatic carbocycles. The first-order valence-corrected chi connectivity index (χ1v) is 5.73. The van der Waals surface area contributed by atoms with Crippen molar-refractivity contribution in [2.45, 2.75) is 0 Å². The van der Waals surface area contributed by atoms with Crippen LogP contribution in [0, 0.1) is 0 Å². The number of piperazine rings is 1. The van der Waals surface area contributed by atoms with E-state index in [-0.39, 0.29) is 23.9 Å². The SMILES string of the molecule is O=C1CN(C(=O)C(=O)Nc2ccccc2O)CCN1. The van der Waals surface area contributed by atoms with Crippen LogP contribution in [0.4, 0.5) is 5.69 Å². The van der Waals surface area contributed by atoms with Gasteiger partial charge in [0.05, 0.1) is 5.69 Å². The number of aromatic hydroxyl groups is 1. The minimum atomic E-state index is -0.879. The topological polar surface area (TPSA) is 98.7 Å². The molecule has 0 atom stereocenters. The molecule has 0 unspecified atom stereocenters. The lowest BCUT2D eigenvalue weighted by Gasteiger charge is -2.25. The van der Waals surface area contributed by atoms with Crippen LogP contribution in [0.15, 0.2) is 24.3 Å². The van der Waals surface area contributed by atoms with Gasteiger partial charge < -0.3 is 20.6 Å². The van der Waals surface area contributed by atoms with Gasteiger partial charge in [0.1, 0.15) is 12.3 Å². The number of hydrogen-bond acceptors (Lipinski definition) is 4. The van der Waals surface area contributed by atoms with Gasteiger partial charge in [-0.05, 0) is 12.1 Å². The summed E-state index contributed by atoms with van der Waals surface area (Å²) in [4.78, 5) is 35.8. The summed E-state index contributed by atoms with van der Waals surface area (Å²) in [7, 11) is 0. The number of nitrogens with one attached hydrogen (secondary N) is 2. The highest BCUT2D eigenvalue weighted by atomic mass is 16.3. The highest BCUT2D eigenvalue weighted by Gasteiger charge is 2.26. The van der Waals surface area contributed by atoms with Crippen LogP contribution in [0.25, 0.3) is 0 Å². The molecule has 1 aliphatic heterocycles. The summed E-state index contributed by atoms with van der Waals surface area (Å²) in [5.74, 6) is -2.09. The zero-order chi connectivity index (χ0) is 13.8. The summed E-state index contributed by atoms with van der Waals surface area (Å²) < 4.78 is 0. The third kappa shape index (κ3) is 3.01. The maximum atomic E-state index is 11.8. The summed E-state index contributed by atoms with van der Waals surface area (Å²) in [6.45, 7) is 0.486. The quantitative estimate of drug-likeness (QED) is 0.460. The fourth-order valence-electron chi connectivity index (χ4n) is 1.71. The second kappa shape index (κ2) is 5.38. The van der Waals surface area contributed by atoms with E-state index in [1.807, 2.05) is 0 Å². The van der Waals surface area contributed by atoms with Crippen molar-refractivity contribution in [3.63, 3.8) is 0 Å². The van der Waals surface area contributed by atoms with Gasteiger partial charge in [-0.15, -0.1) is 0 Å². The van der Waals surface area contributed by atoms with Crippen LogP contribution < -0.4 is 10.6 Å². The second-order valence-electron chi connectivity index (χ2n) is 4.05. The largest absolute Gasteiger partial charge is 0.506 e. The molecule has 1 aliphatic rings. The van der Waals surface area contributed by atoms with Crippen LogP contribution in [0.2, 0.25) is 0 Å². The normalized spacial score (nSPS) is 14.7. The number of nitrogens with zero attached hydrogens (tertiary/aromatic N) is 1. The molecule has 1 saturated heterocycles. The maximum Gasteiger partial charge on any atom is 0.314 e. The monoisotopic (exact) mass is 263 g/mol. The number of carbonyl (C=O) groups excluding carboxylic acids is 3. The van der Waals surface area contributed by atoms with Crippen molar-refractivity contribution in [1.29, 1.82) is 0 Å². The molecular formula is C12H13N3O4. The summed E-state index contributed by atoms with van der Waals surface area (Å²) in [6, 6.07) is 6.09. The number of benzene rings is 1. The number of anilines is 1. The molecule has 2 rings (SSSR count). The molecule has 100 valence electrons. The van der Waals surface area contributed by atoms with Crippen LogP contribution in [-0.4, -0.2) is 47.4 Å². The Bertz CT molecular complexity index is 529. The molecule has 0 saturated carbocycles. The van der Waals surface area contributed by atoms with E-state index in [0.717, 1.165) is 4.90 Å². The Hall–Kier alpha value is -2.57. The van der Waals surface area contributed by atoms with Gasteiger partial charge in [-0.2, -0.15) is 0 Å². The van der Waals surface area contributed by atoms with Crippen molar-refractivity contribution in [3.05, 3.63) is 24.3 Å². The third-order valence-corrected chi connectivity index (χ3v) is 2.67. The van der Waals surface area contributed by atoms with E-state index < -0.39 is 11.8 Å². The van der Waals surface area contributed by atoms with Crippen LogP contribution in [0.1, 0.15) is 0 Å². The Kier molecular flexibility index (Phi) is 3.65. The van der Waals surface area contributed by atoms with E-state index in [4.69, 9.17) is 0 Å². The van der Waals surface area contributed by atoms with E-state index in [2.05, 4.69) is 10.6 Å². The van der Waals surface area contributed by atoms with Gasteiger partial charge >= 0.3 is 11.8 Å². The number of phenols is 1. The van der Waals surface area contributed by atoms with Crippen LogP contribution in [0.5, 0.6) is 5.75 Å². The Morgan fingerprint density at radius 2 is 2.05 bits per heavy atom. The molecule has 3 amide bonds. The Labute approximate surface area is 109 Å². The number of rotatable bonds is 1. The zero-order valence-electron chi connectivity index (χ0n) is 10.0. The first kappa shape index (κ1) is 12.9. The van der Waals surface area contributed by atoms with Crippen molar-refractivity contribution < 1.29 is 19.5 Å². The Balaban J connectivity index is 2.02. The molecule has 0 radical (unpaired) electrons. The van der Waals surface area contributed by atoms with E-state index in [1.54, 1.807) is 12.1 Å². The first-order chi connectivity index (χ1) is 9.08. The highest BCUT2D eigenvalue weighted by Crippen LogP contribution is 2.21. The predicted octanol–water partition coefficient (Wildman–Crippen LogP) is -0.711. The molecule has 3 N–H and O–H groups in total. The highest BCUT2D eigenvalue weighted by molar-refractivity contribution is 6.40. The molecule has 1 heterocycles. The molecule has 19 heavy (non-hydrogen) atoms. The van der Waals surface area contributed by atoms with Crippen LogP contribution in [0.3, 0.4) is 0 Å². The van der Waals surface area contributed by atoms with Crippen molar-refractivity contribution in [2.75, 3.05) is 25.0 Å². The van der Waals surface area contributed by atoms with Gasteiger partial charge in [0, 0.05) is 13.1 Å². The van der Waals surface area contributed by atoms with Crippen LogP contribution in [-0.2, 0) is 14.4 Å². The molecule has 1 fully saturated rings. The predicted molar refractivity (Wildman–Crippen MR) is 66.3 cm³/mol. The van der Waals surface area contributed by atoms with Crippen molar-refractivity contribution in [2.24, 2.45) is 0 Å². The lowest BCUT2D eigenvalue weighted by Crippen LogP contribution is -2.52. The summed E-state index contributed by atoms with van der Waals surface area (Å²) in [6.07, 6.45) is 0. The molecule has 0 spiro atoms. The van der Waals surface area contributed by atoms with Gasteiger partial charge in [-0.25, -0.2) is 0 Å². The van der Waals surface area contributed by atoms with E-state index in [1.165, 1.54) is 12.1 Å². The summed E-state index contributed by atoms with van der Waals surface area (Å²) >= 11 is 0. The molecular weight excluding hydrogens is 250 g/mol. The number of hydrogen-bond donors (Lipinski definition) is 3. The molecule has 0 aromatic heterocycles. The molecule has 0 aliphatic carbocycles. The van der Waals surface area contributed by atoms with E-state index >= 15 is 0 Å². The maximum absolute atomic E-state index is 11.8. The number of phenolic OH excluding ortho intramolecular Hbond substituents is 1. The zero-order valence-corrected chi connectivity index (χ0v) is 10.0. The lowest BCUT2D eigenvalue weighted by molar-refractivity contribution is -0.145. The Morgan fingerprint density at radius 3 is 2.74 bits per heavy atom.